The van der Waals surface area contributed by atoms with Crippen LogP contribution in [-0.4, -0.2) is 21.0 Å². The van der Waals surface area contributed by atoms with E-state index in [-0.39, 0.29) is 6.04 Å². The number of hydrogen-bond donors (Lipinski definition) is 2. The number of rotatable bonds is 2. The highest BCUT2D eigenvalue weighted by Crippen LogP contribution is 2.32. The Balaban J connectivity index is 2.05. The molecule has 2 aromatic rings. The maximum absolute atomic E-state index is 9.36. The summed E-state index contributed by atoms with van der Waals surface area (Å²) in [4.78, 5) is 5.27. The molecule has 7 heteroatoms. The van der Waals surface area contributed by atoms with Crippen LogP contribution in [0.5, 0.6) is 0 Å². The van der Waals surface area contributed by atoms with Crippen molar-refractivity contribution in [2.45, 2.75) is 10.9 Å². The molecule has 0 radical (unpaired) electrons. The van der Waals surface area contributed by atoms with Gasteiger partial charge in [0.15, 0.2) is 0 Å². The molecule has 1 atom stereocenters. The van der Waals surface area contributed by atoms with Crippen molar-refractivity contribution in [1.82, 2.24) is 14.8 Å². The zero-order valence-corrected chi connectivity index (χ0v) is 11.6. The van der Waals surface area contributed by atoms with Crippen molar-refractivity contribution >= 4 is 23.5 Å². The molecule has 100 valence electrons. The van der Waals surface area contributed by atoms with E-state index >= 15 is 0 Å². The fourth-order valence-corrected chi connectivity index (χ4v) is 2.56. The van der Waals surface area contributed by atoms with Crippen molar-refractivity contribution in [3.63, 3.8) is 0 Å². The second-order valence-corrected chi connectivity index (χ2v) is 5.14. The molecule has 20 heavy (non-hydrogen) atoms. The summed E-state index contributed by atoms with van der Waals surface area (Å²) in [5.41, 5.74) is 7.42. The lowest BCUT2D eigenvalue weighted by Gasteiger charge is -2.25. The number of hydrogen-bond acceptors (Lipinski definition) is 6. The molecule has 1 aromatic heterocycles. The normalized spacial score (nSPS) is 17.3. The molecule has 3 rings (SSSR count). The maximum atomic E-state index is 9.36. The standard InChI is InChI=1S/C13H12N6S/c1-20-9-4-2-8(3-5-9)11-10(6-14)12(15)19-13(18-11)16-7-17-19/h2-5,7,11H,15H2,1H3,(H,16,17,18). The Morgan fingerprint density at radius 2 is 2.15 bits per heavy atom. The first kappa shape index (κ1) is 12.6. The van der Waals surface area contributed by atoms with Gasteiger partial charge in [-0.1, -0.05) is 12.1 Å². The minimum atomic E-state index is -0.299. The lowest BCUT2D eigenvalue weighted by Crippen LogP contribution is -2.27. The monoisotopic (exact) mass is 284 g/mol. The SMILES string of the molecule is CSc1ccc(C2Nc3ncnn3C(N)=C2C#N)cc1. The Morgan fingerprint density at radius 1 is 1.40 bits per heavy atom. The minimum Gasteiger partial charge on any atom is -0.383 e. The third kappa shape index (κ3) is 1.90. The highest BCUT2D eigenvalue weighted by Gasteiger charge is 2.28. The molecule has 0 amide bonds. The van der Waals surface area contributed by atoms with Crippen LogP contribution >= 0.6 is 11.8 Å². The fourth-order valence-electron chi connectivity index (χ4n) is 2.15. The van der Waals surface area contributed by atoms with Gasteiger partial charge < -0.3 is 11.1 Å². The largest absolute Gasteiger partial charge is 0.383 e. The quantitative estimate of drug-likeness (QED) is 0.817. The molecule has 0 saturated heterocycles. The van der Waals surface area contributed by atoms with E-state index in [4.69, 9.17) is 5.73 Å². The van der Waals surface area contributed by atoms with E-state index in [0.29, 0.717) is 17.3 Å². The van der Waals surface area contributed by atoms with Crippen molar-refractivity contribution < 1.29 is 0 Å². The zero-order valence-electron chi connectivity index (χ0n) is 10.7. The molecule has 0 fully saturated rings. The summed E-state index contributed by atoms with van der Waals surface area (Å²) in [6.45, 7) is 0. The zero-order chi connectivity index (χ0) is 14.1. The molecule has 1 aliphatic heterocycles. The van der Waals surface area contributed by atoms with Crippen molar-refractivity contribution in [3.8, 4) is 6.07 Å². The number of nitrogens with two attached hydrogens (primary N) is 1. The van der Waals surface area contributed by atoms with Crippen LogP contribution in [0.1, 0.15) is 11.6 Å². The number of anilines is 1. The molecule has 1 aliphatic rings. The number of nitrogens with one attached hydrogen (secondary N) is 1. The number of aromatic nitrogens is 3. The van der Waals surface area contributed by atoms with Crippen LogP contribution in [0.2, 0.25) is 0 Å². The second kappa shape index (κ2) is 4.90. The number of fused-ring (bicyclic) bond motifs is 1. The van der Waals surface area contributed by atoms with E-state index in [0.717, 1.165) is 5.56 Å². The second-order valence-electron chi connectivity index (χ2n) is 4.26. The maximum Gasteiger partial charge on any atom is 0.228 e. The molecule has 6 nitrogen and oxygen atoms in total. The smallest absolute Gasteiger partial charge is 0.228 e. The predicted octanol–water partition coefficient (Wildman–Crippen LogP) is 1.82. The van der Waals surface area contributed by atoms with Crippen LogP contribution in [0.4, 0.5) is 5.95 Å². The van der Waals surface area contributed by atoms with E-state index < -0.39 is 0 Å². The first-order valence-corrected chi connectivity index (χ1v) is 7.17. The van der Waals surface area contributed by atoms with E-state index in [1.807, 2.05) is 30.5 Å². The summed E-state index contributed by atoms with van der Waals surface area (Å²) in [6, 6.07) is 9.87. The van der Waals surface area contributed by atoms with Gasteiger partial charge in [-0.2, -0.15) is 20.0 Å². The van der Waals surface area contributed by atoms with Crippen LogP contribution in [0.3, 0.4) is 0 Å². The molecule has 1 unspecified atom stereocenters. The van der Waals surface area contributed by atoms with Crippen molar-refractivity contribution in [3.05, 3.63) is 41.7 Å². The van der Waals surface area contributed by atoms with Gasteiger partial charge in [-0.15, -0.1) is 11.8 Å². The van der Waals surface area contributed by atoms with Gasteiger partial charge in [0, 0.05) is 4.90 Å². The average Bonchev–Trinajstić information content (AvgIpc) is 2.96. The molecule has 3 N–H and O–H groups in total. The van der Waals surface area contributed by atoms with Gasteiger partial charge in [-0.25, -0.2) is 0 Å². The first-order chi connectivity index (χ1) is 9.74. The Kier molecular flexibility index (Phi) is 3.08. The van der Waals surface area contributed by atoms with Crippen LogP contribution in [0.25, 0.3) is 5.82 Å². The number of nitriles is 1. The lowest BCUT2D eigenvalue weighted by molar-refractivity contribution is 0.794. The third-order valence-corrected chi connectivity index (χ3v) is 3.93. The fraction of sp³-hybridized carbons (Fsp3) is 0.154. The summed E-state index contributed by atoms with van der Waals surface area (Å²) in [7, 11) is 0. The predicted molar refractivity (Wildman–Crippen MR) is 77.6 cm³/mol. The first-order valence-electron chi connectivity index (χ1n) is 5.95. The molecule has 0 saturated carbocycles. The van der Waals surface area contributed by atoms with Crippen molar-refractivity contribution in [2.24, 2.45) is 5.73 Å². The van der Waals surface area contributed by atoms with Crippen molar-refractivity contribution in [1.29, 1.82) is 5.26 Å². The molecular formula is C13H12N6S. The summed E-state index contributed by atoms with van der Waals surface area (Å²) in [6.07, 6.45) is 3.43. The van der Waals surface area contributed by atoms with E-state index in [2.05, 4.69) is 21.5 Å². The van der Waals surface area contributed by atoms with Gasteiger partial charge >= 0.3 is 0 Å². The molecular weight excluding hydrogens is 272 g/mol. The Hall–Kier alpha value is -2.46. The van der Waals surface area contributed by atoms with E-state index in [9.17, 15) is 5.26 Å². The Labute approximate surface area is 120 Å². The van der Waals surface area contributed by atoms with Crippen LogP contribution in [0, 0.1) is 11.3 Å². The van der Waals surface area contributed by atoms with Gasteiger partial charge in [-0.05, 0) is 24.0 Å². The van der Waals surface area contributed by atoms with E-state index in [1.54, 1.807) is 11.8 Å². The lowest BCUT2D eigenvalue weighted by atomic mass is 9.98. The van der Waals surface area contributed by atoms with Gasteiger partial charge in [0.05, 0.1) is 11.6 Å². The highest BCUT2D eigenvalue weighted by atomic mass is 32.2. The van der Waals surface area contributed by atoms with Crippen molar-refractivity contribution in [2.75, 3.05) is 11.6 Å². The van der Waals surface area contributed by atoms with Gasteiger partial charge in [-0.3, -0.25) is 0 Å². The van der Waals surface area contributed by atoms with Gasteiger partial charge in [0.25, 0.3) is 0 Å². The van der Waals surface area contributed by atoms with Gasteiger partial charge in [0.1, 0.15) is 18.2 Å². The van der Waals surface area contributed by atoms with Crippen LogP contribution < -0.4 is 11.1 Å². The van der Waals surface area contributed by atoms with Crippen LogP contribution in [-0.2, 0) is 0 Å². The third-order valence-electron chi connectivity index (χ3n) is 3.18. The number of nitrogens with zero attached hydrogens (tertiary/aromatic N) is 4. The van der Waals surface area contributed by atoms with E-state index in [1.165, 1.54) is 15.9 Å². The number of thioether (sulfide) groups is 1. The Bertz CT molecular complexity index is 709. The molecule has 2 heterocycles. The molecule has 0 bridgehead atoms. The topological polar surface area (TPSA) is 92.6 Å². The molecule has 0 spiro atoms. The average molecular weight is 284 g/mol. The summed E-state index contributed by atoms with van der Waals surface area (Å²) in [5.74, 6) is 0.859. The Morgan fingerprint density at radius 3 is 2.80 bits per heavy atom. The highest BCUT2D eigenvalue weighted by molar-refractivity contribution is 7.98. The molecule has 1 aromatic carbocycles. The minimum absolute atomic E-state index is 0.299. The summed E-state index contributed by atoms with van der Waals surface area (Å²) >= 11 is 1.67. The summed E-state index contributed by atoms with van der Waals surface area (Å²) in [5, 5.41) is 16.5. The molecule has 0 aliphatic carbocycles. The summed E-state index contributed by atoms with van der Waals surface area (Å²) < 4.78 is 1.44. The van der Waals surface area contributed by atoms with Gasteiger partial charge in [0.2, 0.25) is 5.95 Å². The van der Waals surface area contributed by atoms with Crippen LogP contribution in [0.15, 0.2) is 41.1 Å². The number of benzene rings is 1.